The van der Waals surface area contributed by atoms with Crippen LogP contribution in [-0.2, 0) is 6.42 Å². The van der Waals surface area contributed by atoms with E-state index in [0.29, 0.717) is 4.99 Å². The first-order chi connectivity index (χ1) is 9.22. The molecule has 0 amide bonds. The summed E-state index contributed by atoms with van der Waals surface area (Å²) < 4.78 is 0. The Morgan fingerprint density at radius 1 is 1.37 bits per heavy atom. The molecule has 3 N–H and O–H groups in total. The number of hydrogen-bond donors (Lipinski definition) is 2. The van der Waals surface area contributed by atoms with Gasteiger partial charge in [0.25, 0.3) is 0 Å². The number of thiocarbonyl (C=S) groups is 1. The molecule has 2 rings (SSSR count). The van der Waals surface area contributed by atoms with Gasteiger partial charge in [-0.25, -0.2) is 0 Å². The van der Waals surface area contributed by atoms with Gasteiger partial charge in [-0.05, 0) is 36.3 Å². The molecule has 0 fully saturated rings. The van der Waals surface area contributed by atoms with Crippen molar-refractivity contribution in [2.24, 2.45) is 5.73 Å². The molecule has 0 saturated heterocycles. The number of thioether (sulfide) groups is 1. The predicted octanol–water partition coefficient (Wildman–Crippen LogP) is 3.76. The van der Waals surface area contributed by atoms with Gasteiger partial charge in [0.15, 0.2) is 0 Å². The third-order valence-electron chi connectivity index (χ3n) is 2.76. The summed E-state index contributed by atoms with van der Waals surface area (Å²) in [5.74, 6) is 0. The van der Waals surface area contributed by atoms with E-state index in [0.717, 1.165) is 29.1 Å². The third-order valence-corrected chi connectivity index (χ3v) is 4.68. The number of nitrogens with two attached hydrogens (primary N) is 1. The first-order valence-electron chi connectivity index (χ1n) is 5.95. The summed E-state index contributed by atoms with van der Waals surface area (Å²) in [6, 6.07) is 10.3. The fourth-order valence-corrected chi connectivity index (χ4v) is 3.51. The zero-order valence-corrected chi connectivity index (χ0v) is 13.1. The first kappa shape index (κ1) is 14.4. The quantitative estimate of drug-likeness (QED) is 0.629. The number of hydrogen-bond acceptors (Lipinski definition) is 4. The molecule has 2 aromatic rings. The van der Waals surface area contributed by atoms with Crippen LogP contribution in [0.2, 0.25) is 0 Å². The standard InChI is InChI=1S/C14H16N2S3/c1-18-12-6-2-5-11(13(12)14(15)17)16-8-7-10-4-3-9-19-10/h2-6,9,16H,7-8H2,1H3,(H2,15,17). The van der Waals surface area contributed by atoms with Gasteiger partial charge in [-0.15, -0.1) is 23.1 Å². The zero-order chi connectivity index (χ0) is 13.7. The van der Waals surface area contributed by atoms with Crippen molar-refractivity contribution in [3.05, 3.63) is 46.2 Å². The topological polar surface area (TPSA) is 38.0 Å². The van der Waals surface area contributed by atoms with Crippen molar-refractivity contribution in [2.75, 3.05) is 18.1 Å². The average molecular weight is 308 g/mol. The minimum absolute atomic E-state index is 0.448. The molecule has 0 unspecified atom stereocenters. The second-order valence-corrected chi connectivity index (χ2v) is 6.32. The van der Waals surface area contributed by atoms with Crippen molar-refractivity contribution in [3.8, 4) is 0 Å². The van der Waals surface area contributed by atoms with Gasteiger partial charge in [0, 0.05) is 27.6 Å². The molecule has 0 spiro atoms. The molecule has 1 aromatic carbocycles. The van der Waals surface area contributed by atoms with E-state index < -0.39 is 0 Å². The summed E-state index contributed by atoms with van der Waals surface area (Å²) in [6.07, 6.45) is 3.05. The molecular formula is C14H16N2S3. The molecule has 1 heterocycles. The zero-order valence-electron chi connectivity index (χ0n) is 10.7. The summed E-state index contributed by atoms with van der Waals surface area (Å²) in [7, 11) is 0. The first-order valence-corrected chi connectivity index (χ1v) is 8.46. The lowest BCUT2D eigenvalue weighted by Crippen LogP contribution is -2.15. The maximum atomic E-state index is 5.84. The van der Waals surface area contributed by atoms with Gasteiger partial charge in [0.2, 0.25) is 0 Å². The van der Waals surface area contributed by atoms with E-state index in [4.69, 9.17) is 18.0 Å². The van der Waals surface area contributed by atoms with Gasteiger partial charge >= 0.3 is 0 Å². The normalized spacial score (nSPS) is 10.4. The van der Waals surface area contributed by atoms with Gasteiger partial charge in [0.05, 0.1) is 0 Å². The highest BCUT2D eigenvalue weighted by molar-refractivity contribution is 7.98. The van der Waals surface area contributed by atoms with Gasteiger partial charge in [-0.2, -0.15) is 0 Å². The van der Waals surface area contributed by atoms with Gasteiger partial charge in [0.1, 0.15) is 4.99 Å². The Morgan fingerprint density at radius 3 is 2.84 bits per heavy atom. The Hall–Kier alpha value is -1.04. The predicted molar refractivity (Wildman–Crippen MR) is 90.6 cm³/mol. The average Bonchev–Trinajstić information content (AvgIpc) is 2.91. The van der Waals surface area contributed by atoms with Crippen molar-refractivity contribution >= 4 is 46.0 Å². The van der Waals surface area contributed by atoms with E-state index >= 15 is 0 Å². The Morgan fingerprint density at radius 2 is 2.21 bits per heavy atom. The van der Waals surface area contributed by atoms with E-state index in [1.54, 1.807) is 23.1 Å². The van der Waals surface area contributed by atoms with Gasteiger partial charge < -0.3 is 11.1 Å². The number of anilines is 1. The van der Waals surface area contributed by atoms with Crippen LogP contribution in [0.15, 0.2) is 40.6 Å². The fourth-order valence-electron chi connectivity index (χ4n) is 1.88. The molecule has 5 heteroatoms. The highest BCUT2D eigenvalue weighted by Crippen LogP contribution is 2.27. The smallest absolute Gasteiger partial charge is 0.107 e. The second-order valence-electron chi connectivity index (χ2n) is 4.00. The van der Waals surface area contributed by atoms with Crippen LogP contribution in [0, 0.1) is 0 Å². The van der Waals surface area contributed by atoms with Crippen LogP contribution in [0.25, 0.3) is 0 Å². The fraction of sp³-hybridized carbons (Fsp3) is 0.214. The van der Waals surface area contributed by atoms with E-state index in [-0.39, 0.29) is 0 Å². The lowest BCUT2D eigenvalue weighted by atomic mass is 10.1. The molecule has 100 valence electrons. The Balaban J connectivity index is 2.09. The maximum Gasteiger partial charge on any atom is 0.107 e. The summed E-state index contributed by atoms with van der Waals surface area (Å²) in [5.41, 5.74) is 7.82. The summed E-state index contributed by atoms with van der Waals surface area (Å²) >= 11 is 8.61. The van der Waals surface area contributed by atoms with Crippen LogP contribution in [0.5, 0.6) is 0 Å². The lowest BCUT2D eigenvalue weighted by Gasteiger charge is -2.14. The van der Waals surface area contributed by atoms with Crippen LogP contribution in [0.4, 0.5) is 5.69 Å². The Labute approximate surface area is 127 Å². The third kappa shape index (κ3) is 3.72. The van der Waals surface area contributed by atoms with E-state index in [2.05, 4.69) is 22.8 Å². The summed E-state index contributed by atoms with van der Waals surface area (Å²) in [5, 5.41) is 5.53. The maximum absolute atomic E-state index is 5.84. The summed E-state index contributed by atoms with van der Waals surface area (Å²) in [4.78, 5) is 2.95. The van der Waals surface area contributed by atoms with Crippen LogP contribution in [0.1, 0.15) is 10.4 Å². The van der Waals surface area contributed by atoms with E-state index in [1.165, 1.54) is 4.88 Å². The van der Waals surface area contributed by atoms with Crippen LogP contribution in [0.3, 0.4) is 0 Å². The molecular weight excluding hydrogens is 292 g/mol. The molecule has 0 atom stereocenters. The number of nitrogens with one attached hydrogen (secondary N) is 1. The van der Waals surface area contributed by atoms with Crippen molar-refractivity contribution in [3.63, 3.8) is 0 Å². The molecule has 1 aromatic heterocycles. The Bertz CT molecular complexity index is 550. The molecule has 2 nitrogen and oxygen atoms in total. The molecule has 0 aliphatic carbocycles. The van der Waals surface area contributed by atoms with Crippen molar-refractivity contribution < 1.29 is 0 Å². The highest BCUT2D eigenvalue weighted by atomic mass is 32.2. The van der Waals surface area contributed by atoms with Crippen LogP contribution >= 0.6 is 35.3 Å². The van der Waals surface area contributed by atoms with E-state index in [1.807, 2.05) is 24.5 Å². The second kappa shape index (κ2) is 6.93. The SMILES string of the molecule is CSc1cccc(NCCc2cccs2)c1C(N)=S. The molecule has 0 bridgehead atoms. The molecule has 19 heavy (non-hydrogen) atoms. The van der Waals surface area contributed by atoms with Crippen molar-refractivity contribution in [2.45, 2.75) is 11.3 Å². The summed E-state index contributed by atoms with van der Waals surface area (Å²) in [6.45, 7) is 0.883. The van der Waals surface area contributed by atoms with Crippen molar-refractivity contribution in [1.82, 2.24) is 0 Å². The number of benzene rings is 1. The Kier molecular flexibility index (Phi) is 5.24. The number of thiophene rings is 1. The van der Waals surface area contributed by atoms with Gasteiger partial charge in [-0.3, -0.25) is 0 Å². The minimum atomic E-state index is 0.448. The van der Waals surface area contributed by atoms with Crippen LogP contribution < -0.4 is 11.1 Å². The lowest BCUT2D eigenvalue weighted by molar-refractivity contribution is 1.04. The van der Waals surface area contributed by atoms with Crippen molar-refractivity contribution in [1.29, 1.82) is 0 Å². The van der Waals surface area contributed by atoms with Gasteiger partial charge in [-0.1, -0.05) is 24.4 Å². The monoisotopic (exact) mass is 308 g/mol. The molecule has 0 saturated carbocycles. The highest BCUT2D eigenvalue weighted by Gasteiger charge is 2.10. The van der Waals surface area contributed by atoms with Crippen LogP contribution in [-0.4, -0.2) is 17.8 Å². The minimum Gasteiger partial charge on any atom is -0.389 e. The largest absolute Gasteiger partial charge is 0.389 e. The molecule has 0 radical (unpaired) electrons. The van der Waals surface area contributed by atoms with E-state index in [9.17, 15) is 0 Å². The molecule has 0 aliphatic rings. The number of rotatable bonds is 6. The molecule has 0 aliphatic heterocycles.